The van der Waals surface area contributed by atoms with Crippen molar-refractivity contribution < 1.29 is 14.6 Å². The Labute approximate surface area is 110 Å². The van der Waals surface area contributed by atoms with Crippen LogP contribution >= 0.6 is 0 Å². The summed E-state index contributed by atoms with van der Waals surface area (Å²) in [5, 5.41) is 17.6. The first kappa shape index (κ1) is 12.8. The molecule has 0 unspecified atom stereocenters. The van der Waals surface area contributed by atoms with Crippen molar-refractivity contribution >= 4 is 17.3 Å². The second-order valence-electron chi connectivity index (χ2n) is 3.73. The number of hydrogen-bond acceptors (Lipinski definition) is 5. The summed E-state index contributed by atoms with van der Waals surface area (Å²) in [5.41, 5.74) is 1.18. The van der Waals surface area contributed by atoms with E-state index in [1.165, 1.54) is 25.3 Å². The van der Waals surface area contributed by atoms with E-state index < -0.39 is 5.97 Å². The molecule has 0 aliphatic heterocycles. The van der Waals surface area contributed by atoms with Gasteiger partial charge in [0.05, 0.1) is 18.4 Å². The second-order valence-corrected chi connectivity index (χ2v) is 3.73. The molecule has 0 aromatic heterocycles. The lowest BCUT2D eigenvalue weighted by Crippen LogP contribution is -2.00. The number of hydrogen-bond donors (Lipinski definition) is 1. The Morgan fingerprint density at radius 3 is 2.53 bits per heavy atom. The number of rotatable bonds is 3. The molecule has 96 valence electrons. The average molecular weight is 256 g/mol. The van der Waals surface area contributed by atoms with Gasteiger partial charge in [0.25, 0.3) is 0 Å². The van der Waals surface area contributed by atoms with Gasteiger partial charge in [-0.05, 0) is 30.3 Å². The van der Waals surface area contributed by atoms with Gasteiger partial charge in [0, 0.05) is 0 Å². The van der Waals surface area contributed by atoms with Gasteiger partial charge in [-0.25, -0.2) is 4.79 Å². The summed E-state index contributed by atoms with van der Waals surface area (Å²) >= 11 is 0. The van der Waals surface area contributed by atoms with Crippen LogP contribution in [0.4, 0.5) is 11.4 Å². The molecule has 2 aromatic rings. The molecule has 1 N–H and O–H groups in total. The summed E-state index contributed by atoms with van der Waals surface area (Å²) in [6, 6.07) is 13.4. The van der Waals surface area contributed by atoms with Crippen LogP contribution in [0, 0.1) is 0 Å². The number of phenols is 1. The molecule has 0 bridgehead atoms. The topological polar surface area (TPSA) is 71.2 Å². The van der Waals surface area contributed by atoms with E-state index in [-0.39, 0.29) is 11.4 Å². The van der Waals surface area contributed by atoms with Crippen LogP contribution in [0.15, 0.2) is 58.8 Å². The zero-order chi connectivity index (χ0) is 13.7. The van der Waals surface area contributed by atoms with Crippen molar-refractivity contribution in [2.24, 2.45) is 10.2 Å². The highest BCUT2D eigenvalue weighted by Crippen LogP contribution is 2.29. The summed E-state index contributed by atoms with van der Waals surface area (Å²) in [6.45, 7) is 0. The van der Waals surface area contributed by atoms with Crippen LogP contribution in [0.1, 0.15) is 10.4 Å². The Morgan fingerprint density at radius 2 is 1.84 bits per heavy atom. The van der Waals surface area contributed by atoms with Gasteiger partial charge in [0.1, 0.15) is 11.4 Å². The smallest absolute Gasteiger partial charge is 0.337 e. The molecule has 0 radical (unpaired) electrons. The van der Waals surface area contributed by atoms with Crippen LogP contribution in [-0.2, 0) is 4.74 Å². The molecule has 0 spiro atoms. The van der Waals surface area contributed by atoms with Gasteiger partial charge in [-0.15, -0.1) is 5.11 Å². The van der Waals surface area contributed by atoms with Crippen LogP contribution in [0.25, 0.3) is 0 Å². The predicted molar refractivity (Wildman–Crippen MR) is 70.1 cm³/mol. The van der Waals surface area contributed by atoms with Crippen LogP contribution < -0.4 is 0 Å². The molecule has 0 aliphatic carbocycles. The molecule has 0 aliphatic rings. The number of ether oxygens (including phenoxy) is 1. The Kier molecular flexibility index (Phi) is 3.87. The SMILES string of the molecule is COC(=O)c1ccc(O)c(N=Nc2ccccc2)c1. The second kappa shape index (κ2) is 5.77. The van der Waals surface area contributed by atoms with Crippen molar-refractivity contribution in [2.75, 3.05) is 7.11 Å². The summed E-state index contributed by atoms with van der Waals surface area (Å²) < 4.78 is 4.60. The minimum Gasteiger partial charge on any atom is -0.506 e. The van der Waals surface area contributed by atoms with Gasteiger partial charge in [0.15, 0.2) is 0 Å². The first-order valence-corrected chi connectivity index (χ1v) is 5.59. The number of phenolic OH excluding ortho intramolecular Hbond substituents is 1. The minimum atomic E-state index is -0.490. The molecule has 0 amide bonds. The van der Waals surface area contributed by atoms with Gasteiger partial charge in [-0.3, -0.25) is 0 Å². The molecule has 0 heterocycles. The molecule has 0 fully saturated rings. The van der Waals surface area contributed by atoms with Crippen molar-refractivity contribution in [1.29, 1.82) is 0 Å². The van der Waals surface area contributed by atoms with Crippen LogP contribution in [0.3, 0.4) is 0 Å². The number of aromatic hydroxyl groups is 1. The van der Waals surface area contributed by atoms with Gasteiger partial charge in [-0.2, -0.15) is 5.11 Å². The zero-order valence-corrected chi connectivity index (χ0v) is 10.3. The fourth-order valence-electron chi connectivity index (χ4n) is 1.45. The van der Waals surface area contributed by atoms with E-state index in [4.69, 9.17) is 0 Å². The highest BCUT2D eigenvalue weighted by atomic mass is 16.5. The third-order valence-electron chi connectivity index (χ3n) is 2.43. The summed E-state index contributed by atoms with van der Waals surface area (Å²) in [7, 11) is 1.29. The number of methoxy groups -OCH3 is 1. The molecular formula is C14H12N2O3. The number of carbonyl (C=O) groups excluding carboxylic acids is 1. The standard InChI is InChI=1S/C14H12N2O3/c1-19-14(18)10-7-8-13(17)12(9-10)16-15-11-5-3-2-4-6-11/h2-9,17H,1H3. The highest BCUT2D eigenvalue weighted by Gasteiger charge is 2.08. The van der Waals surface area contributed by atoms with E-state index in [9.17, 15) is 9.90 Å². The van der Waals surface area contributed by atoms with E-state index >= 15 is 0 Å². The maximum atomic E-state index is 11.4. The first-order valence-electron chi connectivity index (χ1n) is 5.59. The molecule has 2 aromatic carbocycles. The third kappa shape index (κ3) is 3.16. The fraction of sp³-hybridized carbons (Fsp3) is 0.0714. The van der Waals surface area contributed by atoms with E-state index in [0.29, 0.717) is 11.3 Å². The summed E-state index contributed by atoms with van der Waals surface area (Å²) in [4.78, 5) is 11.4. The largest absolute Gasteiger partial charge is 0.506 e. The van der Waals surface area contributed by atoms with Crippen LogP contribution in [0.2, 0.25) is 0 Å². The quantitative estimate of drug-likeness (QED) is 0.673. The van der Waals surface area contributed by atoms with Crippen molar-refractivity contribution in [3.8, 4) is 5.75 Å². The maximum Gasteiger partial charge on any atom is 0.337 e. The highest BCUT2D eigenvalue weighted by molar-refractivity contribution is 5.90. The minimum absolute atomic E-state index is 0.0488. The predicted octanol–water partition coefficient (Wildman–Crippen LogP) is 3.59. The lowest BCUT2D eigenvalue weighted by molar-refractivity contribution is 0.0601. The van der Waals surface area contributed by atoms with Gasteiger partial charge >= 0.3 is 5.97 Å². The van der Waals surface area contributed by atoms with Gasteiger partial charge in [0.2, 0.25) is 0 Å². The van der Waals surface area contributed by atoms with E-state index in [2.05, 4.69) is 15.0 Å². The number of carbonyl (C=O) groups is 1. The van der Waals surface area contributed by atoms with Crippen molar-refractivity contribution in [3.63, 3.8) is 0 Å². The Hall–Kier alpha value is -2.69. The lowest BCUT2D eigenvalue weighted by Gasteiger charge is -2.02. The molecule has 0 saturated carbocycles. The first-order chi connectivity index (χ1) is 9.20. The average Bonchev–Trinajstić information content (AvgIpc) is 2.46. The molecular weight excluding hydrogens is 244 g/mol. The molecule has 0 saturated heterocycles. The zero-order valence-electron chi connectivity index (χ0n) is 10.3. The van der Waals surface area contributed by atoms with Crippen molar-refractivity contribution in [3.05, 3.63) is 54.1 Å². The van der Waals surface area contributed by atoms with Crippen molar-refractivity contribution in [1.82, 2.24) is 0 Å². The molecule has 0 atom stereocenters. The Morgan fingerprint density at radius 1 is 1.11 bits per heavy atom. The molecule has 19 heavy (non-hydrogen) atoms. The Balaban J connectivity index is 2.29. The maximum absolute atomic E-state index is 11.4. The van der Waals surface area contributed by atoms with E-state index in [1.54, 1.807) is 12.1 Å². The number of azo groups is 1. The summed E-state index contributed by atoms with van der Waals surface area (Å²) in [5.74, 6) is -0.538. The van der Waals surface area contributed by atoms with Crippen molar-refractivity contribution in [2.45, 2.75) is 0 Å². The summed E-state index contributed by atoms with van der Waals surface area (Å²) in [6.07, 6.45) is 0. The molecule has 5 heteroatoms. The lowest BCUT2D eigenvalue weighted by atomic mass is 10.2. The van der Waals surface area contributed by atoms with E-state index in [1.807, 2.05) is 18.2 Å². The third-order valence-corrected chi connectivity index (χ3v) is 2.43. The van der Waals surface area contributed by atoms with Crippen LogP contribution in [0.5, 0.6) is 5.75 Å². The number of esters is 1. The van der Waals surface area contributed by atoms with Gasteiger partial charge < -0.3 is 9.84 Å². The molecule has 5 nitrogen and oxygen atoms in total. The van der Waals surface area contributed by atoms with Gasteiger partial charge in [-0.1, -0.05) is 18.2 Å². The number of benzene rings is 2. The molecule has 2 rings (SSSR count). The normalized spacial score (nSPS) is 10.6. The van der Waals surface area contributed by atoms with Crippen LogP contribution in [-0.4, -0.2) is 18.2 Å². The number of nitrogens with zero attached hydrogens (tertiary/aromatic N) is 2. The fourth-order valence-corrected chi connectivity index (χ4v) is 1.45. The Bertz CT molecular complexity index is 609. The monoisotopic (exact) mass is 256 g/mol. The van der Waals surface area contributed by atoms with E-state index in [0.717, 1.165) is 0 Å².